The van der Waals surface area contributed by atoms with Crippen molar-refractivity contribution < 1.29 is 4.39 Å². The number of rotatable bonds is 4. The maximum atomic E-state index is 13.5. The highest BCUT2D eigenvalue weighted by atomic mass is 32.2. The van der Waals surface area contributed by atoms with E-state index in [9.17, 15) is 4.39 Å². The Bertz CT molecular complexity index is 462. The average Bonchev–Trinajstić information content (AvgIpc) is 2.35. The predicted molar refractivity (Wildman–Crippen MR) is 84.9 cm³/mol. The van der Waals surface area contributed by atoms with Crippen LogP contribution >= 0.6 is 11.8 Å². The van der Waals surface area contributed by atoms with Gasteiger partial charge in [-0.25, -0.2) is 9.37 Å². The molecule has 1 aliphatic rings. The lowest BCUT2D eigenvalue weighted by atomic mass is 10.1. The normalized spacial score (nSPS) is 18.6. The molecule has 2 rings (SSSR count). The van der Waals surface area contributed by atoms with Crippen LogP contribution in [0.5, 0.6) is 0 Å². The lowest BCUT2D eigenvalue weighted by Crippen LogP contribution is -2.44. The van der Waals surface area contributed by atoms with Crippen LogP contribution in [0.4, 0.5) is 10.2 Å². The third kappa shape index (κ3) is 4.09. The van der Waals surface area contributed by atoms with E-state index in [-0.39, 0.29) is 10.6 Å². The minimum atomic E-state index is -0.264. The molecule has 2 heterocycles. The molecule has 1 fully saturated rings. The van der Waals surface area contributed by atoms with E-state index in [1.165, 1.54) is 6.20 Å². The van der Waals surface area contributed by atoms with Gasteiger partial charge in [-0.1, -0.05) is 13.8 Å². The van der Waals surface area contributed by atoms with E-state index in [2.05, 4.69) is 42.9 Å². The zero-order valence-corrected chi connectivity index (χ0v) is 13.6. The van der Waals surface area contributed by atoms with E-state index in [4.69, 9.17) is 0 Å². The first-order valence-electron chi connectivity index (χ1n) is 7.14. The molecule has 0 aromatic carbocycles. The number of pyridine rings is 1. The fourth-order valence-corrected chi connectivity index (χ4v) is 3.51. The highest BCUT2D eigenvalue weighted by molar-refractivity contribution is 8.00. The number of aromatic nitrogens is 1. The second-order valence-corrected chi connectivity index (χ2v) is 8.00. The smallest absolute Gasteiger partial charge is 0.141 e. The third-order valence-electron chi connectivity index (χ3n) is 3.34. The number of hydrogen-bond acceptors (Lipinski definition) is 4. The van der Waals surface area contributed by atoms with Gasteiger partial charge in [-0.05, 0) is 19.9 Å². The first kappa shape index (κ1) is 15.6. The van der Waals surface area contributed by atoms with Crippen LogP contribution in [0.25, 0.3) is 0 Å². The molecule has 1 aromatic heterocycles. The highest BCUT2D eigenvalue weighted by Gasteiger charge is 2.28. The van der Waals surface area contributed by atoms with E-state index >= 15 is 0 Å². The van der Waals surface area contributed by atoms with Crippen molar-refractivity contribution in [3.63, 3.8) is 0 Å². The fourth-order valence-electron chi connectivity index (χ4n) is 2.40. The molecular formula is C15H24FN3S. The van der Waals surface area contributed by atoms with Crippen LogP contribution in [0.2, 0.25) is 0 Å². The van der Waals surface area contributed by atoms with E-state index in [1.54, 1.807) is 6.07 Å². The number of anilines is 1. The number of nitrogens with zero attached hydrogens (tertiary/aromatic N) is 2. The van der Waals surface area contributed by atoms with Gasteiger partial charge in [0, 0.05) is 41.7 Å². The average molecular weight is 297 g/mol. The van der Waals surface area contributed by atoms with E-state index < -0.39 is 0 Å². The maximum Gasteiger partial charge on any atom is 0.141 e. The number of thioether (sulfide) groups is 1. The topological polar surface area (TPSA) is 28.2 Å². The molecule has 1 aromatic rings. The number of halogens is 1. The largest absolute Gasteiger partial charge is 0.354 e. The molecule has 0 aliphatic carbocycles. The summed E-state index contributed by atoms with van der Waals surface area (Å²) in [6.45, 7) is 11.3. The molecule has 0 radical (unpaired) electrons. The first-order valence-corrected chi connectivity index (χ1v) is 8.13. The van der Waals surface area contributed by atoms with Crippen molar-refractivity contribution in [3.8, 4) is 0 Å². The quantitative estimate of drug-likeness (QED) is 0.924. The second kappa shape index (κ2) is 6.31. The summed E-state index contributed by atoms with van der Waals surface area (Å²) in [6.07, 6.45) is 1.32. The Hall–Kier alpha value is -0.810. The van der Waals surface area contributed by atoms with Gasteiger partial charge >= 0.3 is 0 Å². The molecule has 0 spiro atoms. The second-order valence-electron chi connectivity index (χ2n) is 6.20. The lowest BCUT2D eigenvalue weighted by molar-refractivity contribution is 0.572. The molecule has 112 valence electrons. The van der Waals surface area contributed by atoms with E-state index in [0.29, 0.717) is 12.6 Å². The van der Waals surface area contributed by atoms with Gasteiger partial charge in [0.2, 0.25) is 0 Å². The number of nitrogens with one attached hydrogen (secondary N) is 1. The zero-order chi connectivity index (χ0) is 14.8. The summed E-state index contributed by atoms with van der Waals surface area (Å²) in [5.74, 6) is 1.75. The summed E-state index contributed by atoms with van der Waals surface area (Å²) in [6, 6.07) is 1.98. The fraction of sp³-hybridized carbons (Fsp3) is 0.667. The van der Waals surface area contributed by atoms with Gasteiger partial charge in [-0.15, -0.1) is 0 Å². The monoisotopic (exact) mass is 297 g/mol. The van der Waals surface area contributed by atoms with Crippen LogP contribution < -0.4 is 10.2 Å². The molecule has 1 saturated heterocycles. The Morgan fingerprint density at radius 1 is 1.50 bits per heavy atom. The van der Waals surface area contributed by atoms with Gasteiger partial charge in [-0.3, -0.25) is 0 Å². The third-order valence-corrected chi connectivity index (χ3v) is 4.63. The van der Waals surface area contributed by atoms with Crippen molar-refractivity contribution in [2.45, 2.75) is 45.0 Å². The van der Waals surface area contributed by atoms with Crippen molar-refractivity contribution in [1.82, 2.24) is 10.3 Å². The van der Waals surface area contributed by atoms with Crippen LogP contribution in [0.15, 0.2) is 12.3 Å². The Kier molecular flexibility index (Phi) is 4.91. The van der Waals surface area contributed by atoms with Gasteiger partial charge in [0.25, 0.3) is 0 Å². The van der Waals surface area contributed by atoms with E-state index in [0.717, 1.165) is 30.2 Å². The van der Waals surface area contributed by atoms with Crippen LogP contribution in [-0.2, 0) is 6.54 Å². The Morgan fingerprint density at radius 2 is 2.25 bits per heavy atom. The van der Waals surface area contributed by atoms with Gasteiger partial charge in [0.05, 0.1) is 6.20 Å². The van der Waals surface area contributed by atoms with Gasteiger partial charge < -0.3 is 10.2 Å². The predicted octanol–water partition coefficient (Wildman–Crippen LogP) is 3.05. The lowest BCUT2D eigenvalue weighted by Gasteiger charge is -2.39. The summed E-state index contributed by atoms with van der Waals surface area (Å²) >= 11 is 1.99. The summed E-state index contributed by atoms with van der Waals surface area (Å²) in [4.78, 5) is 6.63. The standard InChI is InChI=1S/C15H24FN3S/c1-11(2)17-8-12-7-13(16)9-18-14(12)19-5-6-20-15(3,4)10-19/h7,9,11,17H,5-6,8,10H2,1-4H3. The molecule has 1 aliphatic heterocycles. The van der Waals surface area contributed by atoms with E-state index in [1.807, 2.05) is 11.8 Å². The minimum absolute atomic E-state index is 0.219. The molecule has 0 bridgehead atoms. The van der Waals surface area contributed by atoms with Gasteiger partial charge in [0.1, 0.15) is 11.6 Å². The van der Waals surface area contributed by atoms with Crippen LogP contribution in [0, 0.1) is 5.82 Å². The zero-order valence-electron chi connectivity index (χ0n) is 12.7. The number of hydrogen-bond donors (Lipinski definition) is 1. The SMILES string of the molecule is CC(C)NCc1cc(F)cnc1N1CCSC(C)(C)C1. The van der Waals surface area contributed by atoms with Crippen molar-refractivity contribution >= 4 is 17.6 Å². The van der Waals surface area contributed by atoms with Crippen LogP contribution in [0.3, 0.4) is 0 Å². The summed E-state index contributed by atoms with van der Waals surface area (Å²) < 4.78 is 13.7. The summed E-state index contributed by atoms with van der Waals surface area (Å²) in [5, 5.41) is 3.35. The van der Waals surface area contributed by atoms with Crippen molar-refractivity contribution in [2.75, 3.05) is 23.7 Å². The Morgan fingerprint density at radius 3 is 2.90 bits per heavy atom. The molecule has 5 heteroatoms. The molecular weight excluding hydrogens is 273 g/mol. The molecule has 0 atom stereocenters. The molecule has 3 nitrogen and oxygen atoms in total. The summed E-state index contributed by atoms with van der Waals surface area (Å²) in [7, 11) is 0. The van der Waals surface area contributed by atoms with Gasteiger partial charge in [0.15, 0.2) is 0 Å². The highest BCUT2D eigenvalue weighted by Crippen LogP contribution is 2.32. The Balaban J connectivity index is 2.21. The van der Waals surface area contributed by atoms with Crippen LogP contribution in [-0.4, -0.2) is 34.6 Å². The van der Waals surface area contributed by atoms with Crippen molar-refractivity contribution in [2.24, 2.45) is 0 Å². The molecule has 20 heavy (non-hydrogen) atoms. The van der Waals surface area contributed by atoms with Crippen LogP contribution in [0.1, 0.15) is 33.3 Å². The Labute approximate surface area is 125 Å². The molecule has 1 N–H and O–H groups in total. The molecule has 0 unspecified atom stereocenters. The first-order chi connectivity index (χ1) is 9.37. The summed E-state index contributed by atoms with van der Waals surface area (Å²) in [5.41, 5.74) is 0.946. The maximum absolute atomic E-state index is 13.5. The van der Waals surface area contributed by atoms with Crippen molar-refractivity contribution in [1.29, 1.82) is 0 Å². The molecule has 0 saturated carbocycles. The minimum Gasteiger partial charge on any atom is -0.354 e. The molecule has 0 amide bonds. The van der Waals surface area contributed by atoms with Crippen molar-refractivity contribution in [3.05, 3.63) is 23.6 Å². The van der Waals surface area contributed by atoms with Gasteiger partial charge in [-0.2, -0.15) is 11.8 Å².